The van der Waals surface area contributed by atoms with Gasteiger partial charge in [-0.1, -0.05) is 321 Å². The van der Waals surface area contributed by atoms with Gasteiger partial charge in [-0.15, -0.1) is 0 Å². The molecule has 0 saturated carbocycles. The highest BCUT2D eigenvalue weighted by Crippen LogP contribution is 2.18. The summed E-state index contributed by atoms with van der Waals surface area (Å²) in [5, 5.41) is 0. The number of carbonyl (C=O) groups excluding carboxylic acids is 3. The molecule has 0 amide bonds. The van der Waals surface area contributed by atoms with Crippen molar-refractivity contribution in [3.05, 3.63) is 24.3 Å². The molecule has 0 aromatic carbocycles. The van der Waals surface area contributed by atoms with Gasteiger partial charge in [-0.3, -0.25) is 14.4 Å². The van der Waals surface area contributed by atoms with Gasteiger partial charge >= 0.3 is 17.9 Å². The SMILES string of the molecule is CCCCCC/C=C\CCCCCCCC(=O)OCC(COC(=O)CCCCCCCCCCCCCCC/C=C\CCCCCCCCCC)OC(=O)CCCCCCCCCCCCCCCCCCCCCC. The largest absolute Gasteiger partial charge is 0.462 e. The van der Waals surface area contributed by atoms with Crippen molar-refractivity contribution in [2.75, 3.05) is 13.2 Å². The normalized spacial score (nSPS) is 12.1. The molecule has 6 heteroatoms. The Bertz CT molecular complexity index is 1230. The molecule has 6 nitrogen and oxygen atoms in total. The summed E-state index contributed by atoms with van der Waals surface area (Å²) in [7, 11) is 0. The molecule has 76 heavy (non-hydrogen) atoms. The molecule has 0 bridgehead atoms. The summed E-state index contributed by atoms with van der Waals surface area (Å²) in [6.45, 7) is 6.69. The zero-order valence-electron chi connectivity index (χ0n) is 51.6. The Kier molecular flexibility index (Phi) is 63.6. The van der Waals surface area contributed by atoms with Crippen molar-refractivity contribution in [3.8, 4) is 0 Å². The minimum atomic E-state index is -0.772. The number of hydrogen-bond acceptors (Lipinski definition) is 6. The third kappa shape index (κ3) is 62.7. The molecule has 0 aliphatic carbocycles. The number of unbranched alkanes of at least 4 members (excludes halogenated alkanes) is 49. The van der Waals surface area contributed by atoms with Crippen molar-refractivity contribution in [1.29, 1.82) is 0 Å². The van der Waals surface area contributed by atoms with Crippen LogP contribution >= 0.6 is 0 Å². The zero-order chi connectivity index (χ0) is 55.0. The summed E-state index contributed by atoms with van der Waals surface area (Å²) in [5.41, 5.74) is 0. The summed E-state index contributed by atoms with van der Waals surface area (Å²) < 4.78 is 17.0. The molecule has 0 spiro atoms. The molecule has 0 saturated heterocycles. The fraction of sp³-hybridized carbons (Fsp3) is 0.900. The van der Waals surface area contributed by atoms with Gasteiger partial charge < -0.3 is 14.2 Å². The molecular weight excluding hydrogens is 937 g/mol. The maximum absolute atomic E-state index is 12.9. The van der Waals surface area contributed by atoms with Crippen molar-refractivity contribution < 1.29 is 28.6 Å². The summed E-state index contributed by atoms with van der Waals surface area (Å²) in [6.07, 6.45) is 79.2. The van der Waals surface area contributed by atoms with Gasteiger partial charge in [0.15, 0.2) is 6.10 Å². The highest BCUT2D eigenvalue weighted by Gasteiger charge is 2.19. The van der Waals surface area contributed by atoms with Gasteiger partial charge in [0.05, 0.1) is 0 Å². The molecule has 0 rings (SSSR count). The molecule has 0 aromatic heterocycles. The van der Waals surface area contributed by atoms with Crippen LogP contribution in [-0.2, 0) is 28.6 Å². The molecule has 0 fully saturated rings. The molecule has 0 aliphatic rings. The minimum Gasteiger partial charge on any atom is -0.462 e. The number of hydrogen-bond donors (Lipinski definition) is 0. The second kappa shape index (κ2) is 65.4. The van der Waals surface area contributed by atoms with Crippen molar-refractivity contribution >= 4 is 17.9 Å². The van der Waals surface area contributed by atoms with Crippen LogP contribution in [0.5, 0.6) is 0 Å². The lowest BCUT2D eigenvalue weighted by Gasteiger charge is -2.18. The first-order chi connectivity index (χ1) is 37.5. The van der Waals surface area contributed by atoms with Crippen LogP contribution in [0.4, 0.5) is 0 Å². The molecule has 0 aliphatic heterocycles. The van der Waals surface area contributed by atoms with Gasteiger partial charge in [0.25, 0.3) is 0 Å². The number of ether oxygens (including phenoxy) is 3. The van der Waals surface area contributed by atoms with Crippen molar-refractivity contribution in [3.63, 3.8) is 0 Å². The van der Waals surface area contributed by atoms with Crippen LogP contribution in [0.15, 0.2) is 24.3 Å². The summed E-state index contributed by atoms with van der Waals surface area (Å²) in [4.78, 5) is 38.4. The van der Waals surface area contributed by atoms with E-state index < -0.39 is 6.10 Å². The fourth-order valence-corrected chi connectivity index (χ4v) is 10.5. The van der Waals surface area contributed by atoms with Crippen LogP contribution in [0.25, 0.3) is 0 Å². The highest BCUT2D eigenvalue weighted by molar-refractivity contribution is 5.71. The van der Waals surface area contributed by atoms with E-state index in [0.29, 0.717) is 19.3 Å². The lowest BCUT2D eigenvalue weighted by Crippen LogP contribution is -2.30. The second-order valence-corrected chi connectivity index (χ2v) is 23.4. The topological polar surface area (TPSA) is 78.9 Å². The number of allylic oxidation sites excluding steroid dienone is 4. The van der Waals surface area contributed by atoms with Crippen molar-refractivity contribution in [1.82, 2.24) is 0 Å². The Labute approximate surface area is 474 Å². The number of rotatable bonds is 64. The predicted molar refractivity (Wildman–Crippen MR) is 330 cm³/mol. The van der Waals surface area contributed by atoms with E-state index >= 15 is 0 Å². The van der Waals surface area contributed by atoms with Crippen LogP contribution in [0.3, 0.4) is 0 Å². The second-order valence-electron chi connectivity index (χ2n) is 23.4. The minimum absolute atomic E-state index is 0.0684. The predicted octanol–water partition coefficient (Wildman–Crippen LogP) is 23.4. The van der Waals surface area contributed by atoms with Gasteiger partial charge in [0, 0.05) is 19.3 Å². The summed E-state index contributed by atoms with van der Waals surface area (Å²) >= 11 is 0. The van der Waals surface area contributed by atoms with Crippen LogP contribution in [-0.4, -0.2) is 37.2 Å². The smallest absolute Gasteiger partial charge is 0.306 e. The quantitative estimate of drug-likeness (QED) is 0.0261. The third-order valence-corrected chi connectivity index (χ3v) is 15.7. The molecule has 1 atom stereocenters. The van der Waals surface area contributed by atoms with E-state index in [4.69, 9.17) is 14.2 Å². The average Bonchev–Trinajstić information content (AvgIpc) is 3.42. The highest BCUT2D eigenvalue weighted by atomic mass is 16.6. The Hall–Kier alpha value is -2.11. The third-order valence-electron chi connectivity index (χ3n) is 15.7. The van der Waals surface area contributed by atoms with Crippen LogP contribution < -0.4 is 0 Å². The van der Waals surface area contributed by atoms with E-state index in [1.807, 2.05) is 0 Å². The monoisotopic (exact) mass is 1070 g/mol. The standard InChI is InChI=1S/C70H132O6/c1-4-7-10-13-16-19-22-25-27-29-31-33-34-35-36-37-39-40-42-45-48-51-54-57-60-63-69(72)75-66-67(65-74-68(71)62-59-56-53-50-47-44-24-21-18-15-12-9-6-3)76-70(73)64-61-58-55-52-49-46-43-41-38-32-30-28-26-23-20-17-14-11-8-5-2/h21,24,29,31,67H,4-20,22-23,25-28,30,32-66H2,1-3H3/b24-21-,31-29-. The lowest BCUT2D eigenvalue weighted by atomic mass is 10.0. The Morgan fingerprint density at radius 3 is 0.671 bits per heavy atom. The van der Waals surface area contributed by atoms with E-state index in [1.165, 1.54) is 283 Å². The van der Waals surface area contributed by atoms with E-state index in [-0.39, 0.29) is 31.1 Å². The molecule has 0 N–H and O–H groups in total. The Balaban J connectivity index is 4.23. The summed E-state index contributed by atoms with van der Waals surface area (Å²) in [6, 6.07) is 0. The maximum Gasteiger partial charge on any atom is 0.306 e. The Morgan fingerprint density at radius 2 is 0.434 bits per heavy atom. The Morgan fingerprint density at radius 1 is 0.250 bits per heavy atom. The fourth-order valence-electron chi connectivity index (χ4n) is 10.5. The maximum atomic E-state index is 12.9. The molecule has 448 valence electrons. The van der Waals surface area contributed by atoms with E-state index in [0.717, 1.165) is 64.2 Å². The van der Waals surface area contributed by atoms with Crippen LogP contribution in [0.2, 0.25) is 0 Å². The first-order valence-corrected chi connectivity index (χ1v) is 34.3. The van der Waals surface area contributed by atoms with Crippen molar-refractivity contribution in [2.45, 2.75) is 393 Å². The average molecular weight is 1070 g/mol. The summed E-state index contributed by atoms with van der Waals surface area (Å²) in [5.74, 6) is -0.848. The van der Waals surface area contributed by atoms with Crippen LogP contribution in [0.1, 0.15) is 387 Å². The van der Waals surface area contributed by atoms with Gasteiger partial charge in [-0.25, -0.2) is 0 Å². The molecular formula is C70H132O6. The van der Waals surface area contributed by atoms with Gasteiger partial charge in [-0.2, -0.15) is 0 Å². The van der Waals surface area contributed by atoms with Gasteiger partial charge in [0.2, 0.25) is 0 Å². The van der Waals surface area contributed by atoms with Crippen LogP contribution in [0, 0.1) is 0 Å². The van der Waals surface area contributed by atoms with Gasteiger partial charge in [0.1, 0.15) is 13.2 Å². The molecule has 0 heterocycles. The molecule has 0 radical (unpaired) electrons. The van der Waals surface area contributed by atoms with Gasteiger partial charge in [-0.05, 0) is 70.6 Å². The first kappa shape index (κ1) is 73.9. The van der Waals surface area contributed by atoms with E-state index in [2.05, 4.69) is 45.1 Å². The molecule has 1 unspecified atom stereocenters. The van der Waals surface area contributed by atoms with E-state index in [1.54, 1.807) is 0 Å². The number of carbonyl (C=O) groups is 3. The zero-order valence-corrected chi connectivity index (χ0v) is 51.6. The van der Waals surface area contributed by atoms with Crippen molar-refractivity contribution in [2.24, 2.45) is 0 Å². The lowest BCUT2D eigenvalue weighted by molar-refractivity contribution is -0.167. The van der Waals surface area contributed by atoms with E-state index in [9.17, 15) is 14.4 Å². The first-order valence-electron chi connectivity index (χ1n) is 34.3. The molecule has 0 aromatic rings. The number of esters is 3.